The van der Waals surface area contributed by atoms with Gasteiger partial charge in [0.05, 0.1) is 11.1 Å². The van der Waals surface area contributed by atoms with Gasteiger partial charge in [-0.1, -0.05) is 0 Å². The van der Waals surface area contributed by atoms with Gasteiger partial charge in [-0.3, -0.25) is 9.78 Å². The Morgan fingerprint density at radius 3 is 2.93 bits per heavy atom. The fraction of sp³-hybridized carbons (Fsp3) is 0. The molecule has 2 aromatic heterocycles. The van der Waals surface area contributed by atoms with Crippen molar-refractivity contribution in [3.05, 3.63) is 39.4 Å². The molecule has 0 saturated carbocycles. The molecule has 2 heterocycles. The summed E-state index contributed by atoms with van der Waals surface area (Å²) in [4.78, 5) is 20.1. The molecule has 0 spiro atoms. The third-order valence-electron chi connectivity index (χ3n) is 1.60. The molecular formula is C9H6BrN3OS. The van der Waals surface area contributed by atoms with E-state index in [1.807, 2.05) is 5.38 Å². The van der Waals surface area contributed by atoms with Gasteiger partial charge in [0.2, 0.25) is 0 Å². The van der Waals surface area contributed by atoms with Crippen molar-refractivity contribution in [2.24, 2.45) is 0 Å². The Balaban J connectivity index is 2.11. The van der Waals surface area contributed by atoms with Gasteiger partial charge in [0.15, 0.2) is 5.82 Å². The lowest BCUT2D eigenvalue weighted by atomic mass is 10.4. The van der Waals surface area contributed by atoms with E-state index in [4.69, 9.17) is 0 Å². The number of nitrogens with one attached hydrogen (secondary N) is 1. The summed E-state index contributed by atoms with van der Waals surface area (Å²) in [6.07, 6.45) is 4.58. The average molecular weight is 284 g/mol. The van der Waals surface area contributed by atoms with E-state index in [1.165, 1.54) is 23.7 Å². The zero-order valence-corrected chi connectivity index (χ0v) is 9.88. The largest absolute Gasteiger partial charge is 0.305 e. The summed E-state index contributed by atoms with van der Waals surface area (Å²) in [6.45, 7) is 0. The first-order valence-electron chi connectivity index (χ1n) is 4.07. The number of amides is 1. The maximum absolute atomic E-state index is 11.6. The molecule has 0 saturated heterocycles. The van der Waals surface area contributed by atoms with Crippen LogP contribution in [-0.2, 0) is 0 Å². The number of hydrogen-bond acceptors (Lipinski definition) is 4. The molecule has 0 fully saturated rings. The van der Waals surface area contributed by atoms with Crippen LogP contribution in [0.2, 0.25) is 0 Å². The van der Waals surface area contributed by atoms with E-state index in [0.717, 1.165) is 4.47 Å². The summed E-state index contributed by atoms with van der Waals surface area (Å²) < 4.78 is 0.900. The highest BCUT2D eigenvalue weighted by Crippen LogP contribution is 2.20. The number of carbonyl (C=O) groups is 1. The molecule has 2 aromatic rings. The smallest absolute Gasteiger partial charge is 0.266 e. The number of carbonyl (C=O) groups excluding carboxylic acids is 1. The van der Waals surface area contributed by atoms with Gasteiger partial charge in [0.1, 0.15) is 0 Å². The van der Waals surface area contributed by atoms with Crippen LogP contribution in [0.5, 0.6) is 0 Å². The number of nitrogens with zero attached hydrogens (tertiary/aromatic N) is 2. The van der Waals surface area contributed by atoms with Crippen LogP contribution < -0.4 is 5.32 Å². The van der Waals surface area contributed by atoms with Gasteiger partial charge >= 0.3 is 0 Å². The summed E-state index contributed by atoms with van der Waals surface area (Å²) in [7, 11) is 0. The lowest BCUT2D eigenvalue weighted by Gasteiger charge is -2.00. The molecule has 1 N–H and O–H groups in total. The summed E-state index contributed by atoms with van der Waals surface area (Å²) in [5, 5.41) is 4.50. The first-order chi connectivity index (χ1) is 7.25. The second-order valence-corrected chi connectivity index (χ2v) is 4.50. The molecule has 0 radical (unpaired) electrons. The standard InChI is InChI=1S/C9H6BrN3OS/c10-6-3-7(15-5-6)9(14)13-8-4-11-1-2-12-8/h1-5H,(H,12,13,14). The number of rotatable bonds is 2. The molecule has 6 heteroatoms. The Morgan fingerprint density at radius 1 is 1.47 bits per heavy atom. The van der Waals surface area contributed by atoms with Gasteiger partial charge in [-0.2, -0.15) is 0 Å². The second-order valence-electron chi connectivity index (χ2n) is 2.67. The van der Waals surface area contributed by atoms with Crippen LogP contribution in [0.4, 0.5) is 5.82 Å². The number of aromatic nitrogens is 2. The van der Waals surface area contributed by atoms with Gasteiger partial charge < -0.3 is 5.32 Å². The first-order valence-corrected chi connectivity index (χ1v) is 5.74. The fourth-order valence-electron chi connectivity index (χ4n) is 0.974. The number of hydrogen-bond donors (Lipinski definition) is 1. The van der Waals surface area contributed by atoms with Gasteiger partial charge in [-0.05, 0) is 22.0 Å². The van der Waals surface area contributed by atoms with Crippen molar-refractivity contribution in [1.82, 2.24) is 9.97 Å². The Kier molecular flexibility index (Phi) is 3.08. The highest BCUT2D eigenvalue weighted by molar-refractivity contribution is 9.10. The molecule has 4 nitrogen and oxygen atoms in total. The Hall–Kier alpha value is -1.27. The second kappa shape index (κ2) is 4.50. The van der Waals surface area contributed by atoms with Gasteiger partial charge in [0, 0.05) is 22.2 Å². The van der Waals surface area contributed by atoms with Crippen LogP contribution in [0.3, 0.4) is 0 Å². The van der Waals surface area contributed by atoms with Gasteiger partial charge in [-0.25, -0.2) is 4.98 Å². The van der Waals surface area contributed by atoms with Crippen molar-refractivity contribution in [3.8, 4) is 0 Å². The van der Waals surface area contributed by atoms with Gasteiger partial charge in [0.25, 0.3) is 5.91 Å². The topological polar surface area (TPSA) is 54.9 Å². The van der Waals surface area contributed by atoms with E-state index in [-0.39, 0.29) is 5.91 Å². The Morgan fingerprint density at radius 2 is 2.33 bits per heavy atom. The third kappa shape index (κ3) is 2.60. The molecule has 2 rings (SSSR count). The average Bonchev–Trinajstić information content (AvgIpc) is 2.66. The molecule has 0 aliphatic heterocycles. The predicted octanol–water partition coefficient (Wildman–Crippen LogP) is 2.55. The SMILES string of the molecule is O=C(Nc1cnccn1)c1cc(Br)cs1. The highest BCUT2D eigenvalue weighted by Gasteiger charge is 2.08. The van der Waals surface area contributed by atoms with E-state index in [9.17, 15) is 4.79 Å². The molecule has 0 unspecified atom stereocenters. The summed E-state index contributed by atoms with van der Waals surface area (Å²) >= 11 is 4.66. The number of anilines is 1. The minimum absolute atomic E-state index is 0.175. The number of thiophene rings is 1. The molecule has 1 amide bonds. The monoisotopic (exact) mass is 283 g/mol. The van der Waals surface area contributed by atoms with Crippen molar-refractivity contribution >= 4 is 39.0 Å². The van der Waals surface area contributed by atoms with Crippen LogP contribution in [0.15, 0.2) is 34.5 Å². The Labute approximate surface area is 98.5 Å². The first kappa shape index (κ1) is 10.3. The molecular weight excluding hydrogens is 278 g/mol. The normalized spacial score (nSPS) is 9.93. The molecule has 0 aliphatic rings. The van der Waals surface area contributed by atoms with Crippen molar-refractivity contribution in [3.63, 3.8) is 0 Å². The molecule has 0 bridgehead atoms. The third-order valence-corrected chi connectivity index (χ3v) is 3.29. The fourth-order valence-corrected chi connectivity index (χ4v) is 2.30. The van der Waals surface area contributed by atoms with E-state index < -0.39 is 0 Å². The van der Waals surface area contributed by atoms with E-state index in [1.54, 1.807) is 12.3 Å². The predicted molar refractivity (Wildman–Crippen MR) is 62.0 cm³/mol. The van der Waals surface area contributed by atoms with Crippen LogP contribution in [0.1, 0.15) is 9.67 Å². The van der Waals surface area contributed by atoms with Crippen LogP contribution in [0.25, 0.3) is 0 Å². The molecule has 0 aliphatic carbocycles. The maximum atomic E-state index is 11.6. The van der Waals surface area contributed by atoms with E-state index in [2.05, 4.69) is 31.2 Å². The Bertz CT molecular complexity index is 471. The van der Waals surface area contributed by atoms with E-state index in [0.29, 0.717) is 10.7 Å². The van der Waals surface area contributed by atoms with Crippen molar-refractivity contribution in [1.29, 1.82) is 0 Å². The molecule has 15 heavy (non-hydrogen) atoms. The zero-order chi connectivity index (χ0) is 10.7. The summed E-state index contributed by atoms with van der Waals surface area (Å²) in [5.41, 5.74) is 0. The minimum Gasteiger partial charge on any atom is -0.305 e. The van der Waals surface area contributed by atoms with Crippen LogP contribution in [0, 0.1) is 0 Å². The van der Waals surface area contributed by atoms with Crippen molar-refractivity contribution in [2.75, 3.05) is 5.32 Å². The zero-order valence-electron chi connectivity index (χ0n) is 7.48. The van der Waals surface area contributed by atoms with Crippen LogP contribution in [-0.4, -0.2) is 15.9 Å². The summed E-state index contributed by atoms with van der Waals surface area (Å²) in [6, 6.07) is 1.76. The lowest BCUT2D eigenvalue weighted by molar-refractivity contribution is 0.103. The summed E-state index contributed by atoms with van der Waals surface area (Å²) in [5.74, 6) is 0.276. The molecule has 0 aromatic carbocycles. The van der Waals surface area contributed by atoms with E-state index >= 15 is 0 Å². The highest BCUT2D eigenvalue weighted by atomic mass is 79.9. The quantitative estimate of drug-likeness (QED) is 0.922. The maximum Gasteiger partial charge on any atom is 0.266 e. The lowest BCUT2D eigenvalue weighted by Crippen LogP contribution is -2.11. The van der Waals surface area contributed by atoms with Gasteiger partial charge in [-0.15, -0.1) is 11.3 Å². The van der Waals surface area contributed by atoms with Crippen molar-refractivity contribution < 1.29 is 4.79 Å². The van der Waals surface area contributed by atoms with Crippen LogP contribution >= 0.6 is 27.3 Å². The van der Waals surface area contributed by atoms with Crippen molar-refractivity contribution in [2.45, 2.75) is 0 Å². The molecule has 76 valence electrons. The minimum atomic E-state index is -0.175. The number of halogens is 1. The molecule has 0 atom stereocenters.